The second-order valence-corrected chi connectivity index (χ2v) is 9.50. The van der Waals surface area contributed by atoms with Crippen LogP contribution >= 0.6 is 11.9 Å². The van der Waals surface area contributed by atoms with E-state index in [4.69, 9.17) is 25.4 Å². The highest BCUT2D eigenvalue weighted by Gasteiger charge is 2.22. The number of morpholine rings is 1. The Labute approximate surface area is 201 Å². The zero-order valence-corrected chi connectivity index (χ0v) is 19.3. The first-order valence-electron chi connectivity index (χ1n) is 11.3. The third-order valence-electron chi connectivity index (χ3n) is 5.82. The van der Waals surface area contributed by atoms with Gasteiger partial charge in [-0.3, -0.25) is 4.98 Å². The van der Waals surface area contributed by atoms with Crippen LogP contribution in [0.2, 0.25) is 0 Å². The predicted octanol–water partition coefficient (Wildman–Crippen LogP) is 3.79. The van der Waals surface area contributed by atoms with Gasteiger partial charge in [0.25, 0.3) is 0 Å². The molecule has 9 nitrogen and oxygen atoms in total. The Balaban J connectivity index is 1.42. The van der Waals surface area contributed by atoms with Crippen LogP contribution in [0.25, 0.3) is 33.5 Å². The third-order valence-corrected chi connectivity index (χ3v) is 6.98. The van der Waals surface area contributed by atoms with E-state index in [0.29, 0.717) is 24.6 Å². The van der Waals surface area contributed by atoms with Crippen LogP contribution in [0.5, 0.6) is 0 Å². The maximum atomic E-state index is 5.68. The highest BCUT2D eigenvalue weighted by atomic mass is 32.2. The van der Waals surface area contributed by atoms with Crippen molar-refractivity contribution in [1.82, 2.24) is 24.9 Å². The number of hydrogen-bond acceptors (Lipinski definition) is 10. The van der Waals surface area contributed by atoms with Crippen molar-refractivity contribution in [2.45, 2.75) is 18.1 Å². The molecule has 0 bridgehead atoms. The van der Waals surface area contributed by atoms with Crippen LogP contribution in [-0.4, -0.2) is 56.5 Å². The molecule has 172 valence electrons. The molecule has 1 aromatic carbocycles. The van der Waals surface area contributed by atoms with Crippen molar-refractivity contribution in [3.05, 3.63) is 48.9 Å². The molecular weight excluding hydrogens is 448 g/mol. The van der Waals surface area contributed by atoms with Gasteiger partial charge in [0.2, 0.25) is 5.95 Å². The first-order chi connectivity index (χ1) is 16.7. The summed E-state index contributed by atoms with van der Waals surface area (Å²) in [5.74, 6) is 1.56. The van der Waals surface area contributed by atoms with Gasteiger partial charge in [0, 0.05) is 48.2 Å². The summed E-state index contributed by atoms with van der Waals surface area (Å²) in [5.41, 5.74) is 11.1. The van der Waals surface area contributed by atoms with Crippen molar-refractivity contribution >= 4 is 40.4 Å². The SMILES string of the molecule is Nc1ncc(-c2nc(N3CCOCC3)c3ncc(-c4cccc(NSC5CC5)c4)cc3n2)cn1. The van der Waals surface area contributed by atoms with Crippen LogP contribution in [0.15, 0.2) is 48.9 Å². The fourth-order valence-corrected chi connectivity index (χ4v) is 4.64. The Bertz CT molecular complexity index is 1320. The Morgan fingerprint density at radius 2 is 1.74 bits per heavy atom. The number of nitrogens with zero attached hydrogens (tertiary/aromatic N) is 6. The zero-order chi connectivity index (χ0) is 22.9. The summed E-state index contributed by atoms with van der Waals surface area (Å²) in [6.07, 6.45) is 7.78. The predicted molar refractivity (Wildman–Crippen MR) is 135 cm³/mol. The minimum Gasteiger partial charge on any atom is -0.378 e. The van der Waals surface area contributed by atoms with E-state index in [1.54, 1.807) is 24.3 Å². The molecule has 0 spiro atoms. The van der Waals surface area contributed by atoms with Crippen molar-refractivity contribution < 1.29 is 4.74 Å². The van der Waals surface area contributed by atoms with Gasteiger partial charge in [-0.05, 0) is 48.6 Å². The first kappa shape index (κ1) is 21.1. The van der Waals surface area contributed by atoms with Gasteiger partial charge in [-0.1, -0.05) is 12.1 Å². The molecule has 0 radical (unpaired) electrons. The summed E-state index contributed by atoms with van der Waals surface area (Å²) in [7, 11) is 0. The average molecular weight is 473 g/mol. The summed E-state index contributed by atoms with van der Waals surface area (Å²) in [4.78, 5) is 24.9. The van der Waals surface area contributed by atoms with Crippen LogP contribution < -0.4 is 15.4 Å². The second kappa shape index (κ2) is 9.03. The van der Waals surface area contributed by atoms with Gasteiger partial charge in [-0.25, -0.2) is 19.9 Å². The lowest BCUT2D eigenvalue weighted by atomic mass is 10.1. The topological polar surface area (TPSA) is 115 Å². The van der Waals surface area contributed by atoms with Crippen LogP contribution in [0, 0.1) is 0 Å². The quantitative estimate of drug-likeness (QED) is 0.402. The molecular formula is C24H24N8OS. The molecule has 10 heteroatoms. The number of nitrogen functional groups attached to an aromatic ring is 1. The standard InChI is InChI=1S/C24H24N8OS/c25-24-27-13-17(14-28-24)22-29-20-11-16(15-2-1-3-18(10-15)31-34-19-4-5-19)12-26-21(20)23(30-22)32-6-8-33-9-7-32/h1-3,10-14,19,31H,4-9H2,(H2,25,27,28). The first-order valence-corrected chi connectivity index (χ1v) is 12.2. The molecule has 0 unspecified atom stereocenters. The number of pyridine rings is 1. The van der Waals surface area contributed by atoms with E-state index < -0.39 is 0 Å². The lowest BCUT2D eigenvalue weighted by molar-refractivity contribution is 0.122. The Kier molecular flexibility index (Phi) is 5.60. The fourth-order valence-electron chi connectivity index (χ4n) is 3.84. The molecule has 0 amide bonds. The molecule has 4 heterocycles. The van der Waals surface area contributed by atoms with E-state index >= 15 is 0 Å². The molecule has 0 atom stereocenters. The molecule has 3 aromatic heterocycles. The van der Waals surface area contributed by atoms with Crippen molar-refractivity contribution in [2.75, 3.05) is 41.7 Å². The van der Waals surface area contributed by atoms with E-state index in [1.807, 2.05) is 6.20 Å². The summed E-state index contributed by atoms with van der Waals surface area (Å²) < 4.78 is 9.01. The Morgan fingerprint density at radius 3 is 2.53 bits per heavy atom. The molecule has 1 aliphatic heterocycles. The lowest BCUT2D eigenvalue weighted by Crippen LogP contribution is -2.37. The van der Waals surface area contributed by atoms with Crippen molar-refractivity contribution in [1.29, 1.82) is 0 Å². The van der Waals surface area contributed by atoms with E-state index in [9.17, 15) is 0 Å². The Morgan fingerprint density at radius 1 is 0.941 bits per heavy atom. The Hall–Kier alpha value is -3.50. The normalized spacial score (nSPS) is 16.1. The minimum absolute atomic E-state index is 0.218. The molecule has 1 saturated carbocycles. The number of hydrogen-bond donors (Lipinski definition) is 2. The second-order valence-electron chi connectivity index (χ2n) is 8.39. The summed E-state index contributed by atoms with van der Waals surface area (Å²) in [6.45, 7) is 2.81. The van der Waals surface area contributed by atoms with Crippen LogP contribution in [0.1, 0.15) is 12.8 Å². The van der Waals surface area contributed by atoms with E-state index in [2.05, 4.69) is 49.9 Å². The van der Waals surface area contributed by atoms with Gasteiger partial charge in [-0.2, -0.15) is 0 Å². The molecule has 1 aliphatic carbocycles. The van der Waals surface area contributed by atoms with Gasteiger partial charge >= 0.3 is 0 Å². The van der Waals surface area contributed by atoms with Crippen LogP contribution in [-0.2, 0) is 4.74 Å². The minimum atomic E-state index is 0.218. The maximum Gasteiger partial charge on any atom is 0.219 e. The summed E-state index contributed by atoms with van der Waals surface area (Å²) in [5, 5.41) is 0.733. The number of aromatic nitrogens is 5. The summed E-state index contributed by atoms with van der Waals surface area (Å²) in [6, 6.07) is 10.5. The number of nitrogens with two attached hydrogens (primary N) is 1. The maximum absolute atomic E-state index is 5.68. The number of anilines is 3. The van der Waals surface area contributed by atoms with Gasteiger partial charge in [-0.15, -0.1) is 0 Å². The van der Waals surface area contributed by atoms with Crippen LogP contribution in [0.3, 0.4) is 0 Å². The van der Waals surface area contributed by atoms with Crippen molar-refractivity contribution in [3.8, 4) is 22.5 Å². The van der Waals surface area contributed by atoms with E-state index in [0.717, 1.165) is 52.0 Å². The van der Waals surface area contributed by atoms with E-state index in [1.165, 1.54) is 12.8 Å². The molecule has 6 rings (SSSR count). The van der Waals surface area contributed by atoms with Crippen molar-refractivity contribution in [3.63, 3.8) is 0 Å². The average Bonchev–Trinajstić information content (AvgIpc) is 3.72. The molecule has 3 N–H and O–H groups in total. The molecule has 34 heavy (non-hydrogen) atoms. The molecule has 2 fully saturated rings. The summed E-state index contributed by atoms with van der Waals surface area (Å²) >= 11 is 1.80. The third kappa shape index (κ3) is 4.46. The number of ether oxygens (including phenoxy) is 1. The van der Waals surface area contributed by atoms with Gasteiger partial charge < -0.3 is 20.1 Å². The largest absolute Gasteiger partial charge is 0.378 e. The molecule has 2 aliphatic rings. The number of nitrogens with one attached hydrogen (secondary N) is 1. The monoisotopic (exact) mass is 472 g/mol. The molecule has 1 saturated heterocycles. The van der Waals surface area contributed by atoms with Gasteiger partial charge in [0.15, 0.2) is 11.6 Å². The van der Waals surface area contributed by atoms with Gasteiger partial charge in [0.1, 0.15) is 5.52 Å². The smallest absolute Gasteiger partial charge is 0.219 e. The number of rotatable bonds is 6. The van der Waals surface area contributed by atoms with Crippen molar-refractivity contribution in [2.24, 2.45) is 0 Å². The number of benzene rings is 1. The number of fused-ring (bicyclic) bond motifs is 1. The lowest BCUT2D eigenvalue weighted by Gasteiger charge is -2.28. The molecule has 4 aromatic rings. The van der Waals surface area contributed by atoms with E-state index in [-0.39, 0.29) is 5.95 Å². The van der Waals surface area contributed by atoms with Crippen LogP contribution in [0.4, 0.5) is 17.5 Å². The zero-order valence-electron chi connectivity index (χ0n) is 18.5. The highest BCUT2D eigenvalue weighted by molar-refractivity contribution is 8.01. The van der Waals surface area contributed by atoms with Gasteiger partial charge in [0.05, 0.1) is 24.3 Å². The fraction of sp³-hybridized carbons (Fsp3) is 0.292. The highest BCUT2D eigenvalue weighted by Crippen LogP contribution is 2.35.